The van der Waals surface area contributed by atoms with Crippen molar-refractivity contribution in [2.75, 3.05) is 27.2 Å². The molecule has 1 aromatic carbocycles. The van der Waals surface area contributed by atoms with E-state index in [4.69, 9.17) is 4.74 Å². The van der Waals surface area contributed by atoms with E-state index in [0.29, 0.717) is 19.1 Å². The summed E-state index contributed by atoms with van der Waals surface area (Å²) in [5.41, 5.74) is 2.78. The Hall–Kier alpha value is -1.55. The molecular weight excluding hydrogens is 264 g/mol. The smallest absolute Gasteiger partial charge is 0.225 e. The Bertz CT molecular complexity index is 486. The maximum absolute atomic E-state index is 11.5. The summed E-state index contributed by atoms with van der Waals surface area (Å²) in [6, 6.07) is 6.80. The molecule has 0 spiro atoms. The minimum absolute atomic E-state index is 0.0972. The number of nitrogens with zero attached hydrogens (tertiary/aromatic N) is 1. The van der Waals surface area contributed by atoms with E-state index < -0.39 is 0 Å². The van der Waals surface area contributed by atoms with E-state index in [-0.39, 0.29) is 5.91 Å². The Balaban J connectivity index is 1.89. The van der Waals surface area contributed by atoms with E-state index in [1.54, 1.807) is 19.0 Å². The second-order valence-electron chi connectivity index (χ2n) is 5.79. The number of nitrogens with one attached hydrogen (secondary N) is 1. The van der Waals surface area contributed by atoms with Crippen LogP contribution in [0.1, 0.15) is 43.4 Å². The molecule has 2 rings (SSSR count). The van der Waals surface area contributed by atoms with Crippen LogP contribution in [0.25, 0.3) is 0 Å². The first-order valence-electron chi connectivity index (χ1n) is 7.81. The fraction of sp³-hybridized carbons (Fsp3) is 0.588. The molecule has 21 heavy (non-hydrogen) atoms. The maximum Gasteiger partial charge on any atom is 0.225 e. The molecule has 1 unspecified atom stereocenters. The number of amides is 1. The number of carbonyl (C=O) groups is 1. The van der Waals surface area contributed by atoms with Gasteiger partial charge >= 0.3 is 0 Å². The monoisotopic (exact) mass is 290 g/mol. The van der Waals surface area contributed by atoms with Crippen LogP contribution < -0.4 is 10.1 Å². The molecule has 0 fully saturated rings. The molecule has 1 amide bonds. The molecule has 0 radical (unpaired) electrons. The van der Waals surface area contributed by atoms with Crippen molar-refractivity contribution in [1.29, 1.82) is 0 Å². The molecule has 4 heteroatoms. The van der Waals surface area contributed by atoms with Crippen LogP contribution in [0.2, 0.25) is 0 Å². The van der Waals surface area contributed by atoms with E-state index >= 15 is 0 Å². The summed E-state index contributed by atoms with van der Waals surface area (Å²) >= 11 is 0. The third kappa shape index (κ3) is 4.21. The molecule has 1 atom stereocenters. The van der Waals surface area contributed by atoms with Crippen molar-refractivity contribution in [2.45, 2.75) is 38.6 Å². The Kier molecular flexibility index (Phi) is 5.62. The van der Waals surface area contributed by atoms with Gasteiger partial charge in [0.25, 0.3) is 0 Å². The van der Waals surface area contributed by atoms with E-state index in [9.17, 15) is 4.79 Å². The first kappa shape index (κ1) is 15.8. The summed E-state index contributed by atoms with van der Waals surface area (Å²) in [6.07, 6.45) is 3.85. The van der Waals surface area contributed by atoms with Gasteiger partial charge in [0.05, 0.1) is 13.0 Å². The lowest BCUT2D eigenvalue weighted by Gasteiger charge is -2.14. The van der Waals surface area contributed by atoms with Crippen LogP contribution >= 0.6 is 0 Å². The summed E-state index contributed by atoms with van der Waals surface area (Å²) < 4.78 is 5.70. The quantitative estimate of drug-likeness (QED) is 0.839. The molecule has 4 nitrogen and oxygen atoms in total. The van der Waals surface area contributed by atoms with Gasteiger partial charge < -0.3 is 15.0 Å². The molecule has 0 aromatic heterocycles. The second-order valence-corrected chi connectivity index (χ2v) is 5.79. The highest BCUT2D eigenvalue weighted by atomic mass is 16.5. The third-order valence-electron chi connectivity index (χ3n) is 3.92. The molecule has 0 heterocycles. The Morgan fingerprint density at radius 3 is 2.95 bits per heavy atom. The van der Waals surface area contributed by atoms with E-state index in [1.165, 1.54) is 11.1 Å². The topological polar surface area (TPSA) is 41.6 Å². The zero-order valence-electron chi connectivity index (χ0n) is 13.3. The van der Waals surface area contributed by atoms with Crippen LogP contribution in [0, 0.1) is 0 Å². The lowest BCUT2D eigenvalue weighted by atomic mass is 10.1. The van der Waals surface area contributed by atoms with Crippen molar-refractivity contribution in [3.8, 4) is 5.75 Å². The van der Waals surface area contributed by atoms with Crippen LogP contribution in [-0.4, -0.2) is 38.1 Å². The number of carbonyl (C=O) groups excluding carboxylic acids is 1. The van der Waals surface area contributed by atoms with Crippen molar-refractivity contribution in [3.05, 3.63) is 29.3 Å². The van der Waals surface area contributed by atoms with Crippen LogP contribution in [0.3, 0.4) is 0 Å². The standard InChI is InChI=1S/C17H26N2O2/c1-4-10-18-16-8-5-13-12-14(6-7-15(13)16)21-11-9-17(20)19(2)3/h6-7,12,16,18H,4-5,8-11H2,1-3H3. The molecule has 1 aliphatic rings. The third-order valence-corrected chi connectivity index (χ3v) is 3.92. The second kappa shape index (κ2) is 7.46. The maximum atomic E-state index is 11.5. The number of benzene rings is 1. The van der Waals surface area contributed by atoms with Crippen molar-refractivity contribution in [2.24, 2.45) is 0 Å². The highest BCUT2D eigenvalue weighted by Crippen LogP contribution is 2.33. The number of hydrogen-bond acceptors (Lipinski definition) is 3. The molecular formula is C17H26N2O2. The van der Waals surface area contributed by atoms with E-state index in [1.807, 2.05) is 6.07 Å². The minimum Gasteiger partial charge on any atom is -0.493 e. The van der Waals surface area contributed by atoms with Crippen molar-refractivity contribution in [1.82, 2.24) is 10.2 Å². The van der Waals surface area contributed by atoms with Gasteiger partial charge in [0.2, 0.25) is 5.91 Å². The molecule has 1 aliphatic carbocycles. The summed E-state index contributed by atoms with van der Waals surface area (Å²) in [7, 11) is 3.53. The average molecular weight is 290 g/mol. The van der Waals surface area contributed by atoms with Gasteiger partial charge in [-0.2, -0.15) is 0 Å². The van der Waals surface area contributed by atoms with Gasteiger partial charge in [-0.1, -0.05) is 13.0 Å². The zero-order chi connectivity index (χ0) is 15.2. The van der Waals surface area contributed by atoms with Gasteiger partial charge in [-0.25, -0.2) is 0 Å². The molecule has 1 aromatic rings. The van der Waals surface area contributed by atoms with Gasteiger partial charge in [0.1, 0.15) is 5.75 Å². The van der Waals surface area contributed by atoms with Crippen LogP contribution in [0.4, 0.5) is 0 Å². The van der Waals surface area contributed by atoms with Crippen molar-refractivity contribution < 1.29 is 9.53 Å². The van der Waals surface area contributed by atoms with Crippen LogP contribution in [0.15, 0.2) is 18.2 Å². The van der Waals surface area contributed by atoms with E-state index in [0.717, 1.165) is 31.6 Å². The largest absolute Gasteiger partial charge is 0.493 e. The van der Waals surface area contributed by atoms with Crippen LogP contribution in [0.5, 0.6) is 5.75 Å². The van der Waals surface area contributed by atoms with Gasteiger partial charge in [-0.05, 0) is 49.1 Å². The molecule has 1 N–H and O–H groups in total. The lowest BCUT2D eigenvalue weighted by molar-refractivity contribution is -0.129. The predicted octanol–water partition coefficient (Wildman–Crippen LogP) is 2.53. The number of rotatable bonds is 7. The van der Waals surface area contributed by atoms with Gasteiger partial charge in [-0.15, -0.1) is 0 Å². The van der Waals surface area contributed by atoms with Crippen LogP contribution in [-0.2, 0) is 11.2 Å². The fourth-order valence-corrected chi connectivity index (χ4v) is 2.69. The number of hydrogen-bond donors (Lipinski definition) is 1. The minimum atomic E-state index is 0.0972. The Morgan fingerprint density at radius 2 is 2.24 bits per heavy atom. The molecule has 0 saturated carbocycles. The van der Waals surface area contributed by atoms with Crippen molar-refractivity contribution >= 4 is 5.91 Å². The Labute approximate surface area is 127 Å². The highest BCUT2D eigenvalue weighted by Gasteiger charge is 2.21. The summed E-state index contributed by atoms with van der Waals surface area (Å²) in [5.74, 6) is 0.969. The number of aryl methyl sites for hydroxylation is 1. The summed E-state index contributed by atoms with van der Waals surface area (Å²) in [5, 5.41) is 3.59. The SMILES string of the molecule is CCCNC1CCc2cc(OCCC(=O)N(C)C)ccc21. The van der Waals surface area contributed by atoms with Gasteiger partial charge in [-0.3, -0.25) is 4.79 Å². The number of fused-ring (bicyclic) bond motifs is 1. The average Bonchev–Trinajstić information content (AvgIpc) is 2.87. The van der Waals surface area contributed by atoms with E-state index in [2.05, 4.69) is 24.4 Å². The lowest BCUT2D eigenvalue weighted by Crippen LogP contribution is -2.23. The molecule has 0 bridgehead atoms. The molecule has 0 aliphatic heterocycles. The highest BCUT2D eigenvalue weighted by molar-refractivity contribution is 5.75. The summed E-state index contributed by atoms with van der Waals surface area (Å²) in [6.45, 7) is 3.69. The van der Waals surface area contributed by atoms with Gasteiger partial charge in [0.15, 0.2) is 0 Å². The molecule has 0 saturated heterocycles. The molecule has 116 valence electrons. The summed E-state index contributed by atoms with van der Waals surface area (Å²) in [4.78, 5) is 13.1. The fourth-order valence-electron chi connectivity index (χ4n) is 2.69. The zero-order valence-corrected chi connectivity index (χ0v) is 13.3. The first-order valence-corrected chi connectivity index (χ1v) is 7.81. The Morgan fingerprint density at radius 1 is 1.43 bits per heavy atom. The first-order chi connectivity index (χ1) is 10.1. The van der Waals surface area contributed by atoms with Crippen molar-refractivity contribution in [3.63, 3.8) is 0 Å². The van der Waals surface area contributed by atoms with Gasteiger partial charge in [0, 0.05) is 20.1 Å². The normalized spacial score (nSPS) is 16.6. The predicted molar refractivity (Wildman–Crippen MR) is 84.6 cm³/mol. The number of ether oxygens (including phenoxy) is 1.